The molecule has 0 aromatic heterocycles. The summed E-state index contributed by atoms with van der Waals surface area (Å²) in [5, 5.41) is 0. The van der Waals surface area contributed by atoms with E-state index in [1.54, 1.807) is 38.1 Å². The summed E-state index contributed by atoms with van der Waals surface area (Å²) in [4.78, 5) is 25.9. The SMILES string of the molecule is C=C(C)C(=O)Oc1ccccc1.C=C(C)C(C)=O.CC(C)(C)c1cc(N2[CH-]N(c3cc(C(C)(C)C)cc(C(C)(C)C)c3)CC2)cc(C(C)(C)C)c1.[CH3-].[CH3-].[Ni+3]. The molecule has 0 aliphatic carbocycles. The second kappa shape index (κ2) is 20.9. The topological polar surface area (TPSA) is 49.9 Å². The molecule has 0 N–H and O–H groups in total. The van der Waals surface area contributed by atoms with Crippen molar-refractivity contribution in [2.24, 2.45) is 0 Å². The van der Waals surface area contributed by atoms with Gasteiger partial charge >= 0.3 is 22.5 Å². The molecule has 1 radical (unpaired) electrons. The second-order valence-electron chi connectivity index (χ2n) is 17.9. The molecule has 5 nitrogen and oxygen atoms in total. The van der Waals surface area contributed by atoms with Gasteiger partial charge in [0.25, 0.3) is 0 Å². The third-order valence-electron chi connectivity index (χ3n) is 8.73. The molecule has 1 fully saturated rings. The molecule has 0 saturated carbocycles. The minimum atomic E-state index is -0.388. The Morgan fingerprint density at radius 2 is 0.870 bits per heavy atom. The zero-order valence-electron chi connectivity index (χ0n) is 36.7. The van der Waals surface area contributed by atoms with Gasteiger partial charge in [-0.2, -0.15) is 6.67 Å². The van der Waals surface area contributed by atoms with E-state index in [4.69, 9.17) is 4.74 Å². The van der Waals surface area contributed by atoms with Gasteiger partial charge in [-0.25, -0.2) is 4.79 Å². The number of benzene rings is 3. The van der Waals surface area contributed by atoms with Crippen LogP contribution in [0.1, 0.15) is 126 Å². The van der Waals surface area contributed by atoms with Crippen LogP contribution < -0.4 is 14.5 Å². The summed E-state index contributed by atoms with van der Waals surface area (Å²) < 4.78 is 4.94. The molecule has 301 valence electrons. The number of para-hydroxylation sites is 1. The first-order valence-corrected chi connectivity index (χ1v) is 18.0. The van der Waals surface area contributed by atoms with Crippen molar-refractivity contribution >= 4 is 23.1 Å². The summed E-state index contributed by atoms with van der Waals surface area (Å²) in [5.74, 6) is 0.224. The molecule has 0 bridgehead atoms. The number of carbonyl (C=O) groups excluding carboxylic acids is 2. The fourth-order valence-electron chi connectivity index (χ4n) is 4.86. The Kier molecular flexibility index (Phi) is 20.3. The van der Waals surface area contributed by atoms with Crippen molar-refractivity contribution in [3.8, 4) is 5.75 Å². The fourth-order valence-corrected chi connectivity index (χ4v) is 4.86. The number of hydrogen-bond donors (Lipinski definition) is 0. The van der Waals surface area contributed by atoms with Crippen LogP contribution in [-0.4, -0.2) is 24.8 Å². The summed E-state index contributed by atoms with van der Waals surface area (Å²) >= 11 is 0. The standard InChI is InChI=1S/C31H47N2.C10H10O2.C5H8O.2CH3.Ni/c1-28(2,3)22-15-23(29(4,5)6)18-26(17-22)32-13-14-33(21-32)27-19-24(30(7,8)9)16-25(20-27)31(10,11)12;1-8(2)10(11)12-9-6-4-3-5-7-9;1-4(2)5(3)6;;;/h15-21H,13-14H2,1-12H3;3-7H,1H2,2H3;1H2,2-3H3;2*1H3;/q-1;;;2*-1;+3. The minimum absolute atomic E-state index is 0. The van der Waals surface area contributed by atoms with Crippen LogP contribution >= 0.6 is 0 Å². The van der Waals surface area contributed by atoms with Crippen molar-refractivity contribution in [1.82, 2.24) is 0 Å². The zero-order chi connectivity index (χ0) is 39.1. The molecule has 1 saturated heterocycles. The number of rotatable bonds is 5. The quantitative estimate of drug-likeness (QED) is 0.0848. The first-order valence-electron chi connectivity index (χ1n) is 18.0. The Bertz CT molecular complexity index is 1520. The number of anilines is 2. The van der Waals surface area contributed by atoms with Crippen molar-refractivity contribution in [3.63, 3.8) is 0 Å². The van der Waals surface area contributed by atoms with E-state index in [9.17, 15) is 9.59 Å². The van der Waals surface area contributed by atoms with Gasteiger partial charge in [-0.15, -0.1) is 0 Å². The van der Waals surface area contributed by atoms with Crippen LogP contribution in [0.3, 0.4) is 0 Å². The first kappa shape index (κ1) is 52.5. The summed E-state index contributed by atoms with van der Waals surface area (Å²) in [5.41, 5.74) is 9.74. The number of esters is 1. The van der Waals surface area contributed by atoms with E-state index < -0.39 is 0 Å². The molecular weight excluding hydrogens is 711 g/mol. The third kappa shape index (κ3) is 16.4. The van der Waals surface area contributed by atoms with Gasteiger partial charge in [0.2, 0.25) is 0 Å². The number of carbonyl (C=O) groups is 2. The Hall–Kier alpha value is -3.63. The van der Waals surface area contributed by atoms with Gasteiger partial charge in [0, 0.05) is 30.0 Å². The van der Waals surface area contributed by atoms with Crippen molar-refractivity contribution in [1.29, 1.82) is 0 Å². The molecule has 0 unspecified atom stereocenters. The molecule has 4 rings (SSSR count). The zero-order valence-corrected chi connectivity index (χ0v) is 37.7. The van der Waals surface area contributed by atoms with Crippen molar-refractivity contribution in [2.75, 3.05) is 22.9 Å². The number of ketones is 1. The van der Waals surface area contributed by atoms with Gasteiger partial charge in [-0.3, -0.25) is 4.79 Å². The molecule has 0 atom stereocenters. The van der Waals surface area contributed by atoms with E-state index >= 15 is 0 Å². The van der Waals surface area contributed by atoms with Crippen LogP contribution in [0.2, 0.25) is 0 Å². The van der Waals surface area contributed by atoms with Gasteiger partial charge < -0.3 is 29.4 Å². The van der Waals surface area contributed by atoms with Crippen LogP contribution in [0, 0.1) is 21.5 Å². The number of nitrogens with zero attached hydrogens (tertiary/aromatic N) is 2. The van der Waals surface area contributed by atoms with E-state index in [2.05, 4.69) is 149 Å². The summed E-state index contributed by atoms with van der Waals surface area (Å²) in [7, 11) is 0. The molecular formula is C48H71N2NiO3. The maximum atomic E-state index is 11.0. The van der Waals surface area contributed by atoms with Crippen molar-refractivity contribution < 1.29 is 30.8 Å². The van der Waals surface area contributed by atoms with E-state index in [0.29, 0.717) is 16.9 Å². The van der Waals surface area contributed by atoms with Crippen molar-refractivity contribution in [3.05, 3.63) is 135 Å². The Balaban J connectivity index is 0. The second-order valence-corrected chi connectivity index (χ2v) is 17.9. The Morgan fingerprint density at radius 3 is 1.11 bits per heavy atom. The average molecular weight is 783 g/mol. The van der Waals surface area contributed by atoms with E-state index in [1.807, 2.05) is 6.07 Å². The summed E-state index contributed by atoms with van der Waals surface area (Å²) in [6.07, 6.45) is 0. The van der Waals surface area contributed by atoms with Gasteiger partial charge in [-0.1, -0.05) is 127 Å². The Labute approximate surface area is 341 Å². The first-order chi connectivity index (χ1) is 23.2. The average Bonchev–Trinajstić information content (AvgIpc) is 3.51. The van der Waals surface area contributed by atoms with Crippen LogP contribution in [0.4, 0.5) is 11.4 Å². The normalized spacial score (nSPS) is 12.6. The monoisotopic (exact) mass is 781 g/mol. The molecule has 54 heavy (non-hydrogen) atoms. The van der Waals surface area contributed by atoms with Crippen LogP contribution in [0.15, 0.2) is 91.0 Å². The molecule has 0 amide bonds. The fraction of sp³-hybridized carbons (Fsp3) is 0.438. The number of hydrogen-bond acceptors (Lipinski definition) is 5. The van der Waals surface area contributed by atoms with E-state index in [-0.39, 0.29) is 64.8 Å². The largest absolute Gasteiger partial charge is 3.00 e. The van der Waals surface area contributed by atoms with E-state index in [0.717, 1.165) is 13.1 Å². The Morgan fingerprint density at radius 1 is 0.574 bits per heavy atom. The number of allylic oxidation sites excluding steroid dienone is 1. The summed E-state index contributed by atoms with van der Waals surface area (Å²) in [6.45, 7) is 43.7. The van der Waals surface area contributed by atoms with Crippen LogP contribution in [-0.2, 0) is 47.7 Å². The van der Waals surface area contributed by atoms with Crippen LogP contribution in [0.25, 0.3) is 0 Å². The molecule has 3 aromatic rings. The van der Waals surface area contributed by atoms with Crippen molar-refractivity contribution in [2.45, 2.75) is 126 Å². The van der Waals surface area contributed by atoms with Gasteiger partial charge in [0.15, 0.2) is 5.78 Å². The summed E-state index contributed by atoms with van der Waals surface area (Å²) in [6, 6.07) is 23.3. The molecule has 1 heterocycles. The molecule has 0 spiro atoms. The predicted octanol–water partition coefficient (Wildman–Crippen LogP) is 12.5. The van der Waals surface area contributed by atoms with Gasteiger partial charge in [-0.05, 0) is 107 Å². The number of Topliss-reactive ketones (excluding diaryl/α,β-unsaturated/α-hetero) is 1. The van der Waals surface area contributed by atoms with Gasteiger partial charge in [0.1, 0.15) is 5.75 Å². The van der Waals surface area contributed by atoms with Gasteiger partial charge in [0.05, 0.1) is 0 Å². The molecule has 6 heteroatoms. The maximum Gasteiger partial charge on any atom is 3.00 e. The predicted molar refractivity (Wildman–Crippen MR) is 232 cm³/mol. The molecule has 1 aliphatic rings. The maximum absolute atomic E-state index is 11.0. The smallest absolute Gasteiger partial charge is 0.502 e. The van der Waals surface area contributed by atoms with E-state index in [1.165, 1.54) is 40.6 Å². The minimum Gasteiger partial charge on any atom is -0.502 e. The van der Waals surface area contributed by atoms with Crippen LogP contribution in [0.5, 0.6) is 5.75 Å². The number of ether oxygens (including phenoxy) is 1. The third-order valence-corrected chi connectivity index (χ3v) is 8.73. The molecule has 3 aromatic carbocycles. The molecule has 1 aliphatic heterocycles.